The molecule has 3 heterocycles. The maximum atomic E-state index is 13.9. The minimum atomic E-state index is -1.35. The minimum Gasteiger partial charge on any atom is -0.508 e. The van der Waals surface area contributed by atoms with Crippen molar-refractivity contribution in [2.24, 2.45) is 11.8 Å². The highest BCUT2D eigenvalue weighted by molar-refractivity contribution is 6.25. The van der Waals surface area contributed by atoms with Crippen molar-refractivity contribution in [1.29, 1.82) is 0 Å². The zero-order chi connectivity index (χ0) is 24.3. The molecule has 4 unspecified atom stereocenters. The normalized spacial score (nSPS) is 26.7. The van der Waals surface area contributed by atoms with Crippen LogP contribution in [0.3, 0.4) is 0 Å². The van der Waals surface area contributed by atoms with Crippen LogP contribution in [-0.2, 0) is 26.3 Å². The number of aromatic hydroxyl groups is 1. The summed E-state index contributed by atoms with van der Waals surface area (Å²) in [4.78, 5) is 42.5. The fourth-order valence-corrected chi connectivity index (χ4v) is 5.80. The average Bonchev–Trinajstić information content (AvgIpc) is 3.45. The van der Waals surface area contributed by atoms with E-state index in [1.54, 1.807) is 61.7 Å². The lowest BCUT2D eigenvalue weighted by Crippen LogP contribution is -2.53. The molecule has 3 aromatic rings. The van der Waals surface area contributed by atoms with Gasteiger partial charge in [0.1, 0.15) is 17.0 Å². The van der Waals surface area contributed by atoms with Crippen LogP contribution < -0.4 is 20.3 Å². The molecule has 0 bridgehead atoms. The van der Waals surface area contributed by atoms with E-state index in [-0.39, 0.29) is 17.6 Å². The van der Waals surface area contributed by atoms with E-state index in [0.29, 0.717) is 29.1 Å². The SMILES string of the molecule is COc1ccc(N2C(=O)C3C(Cc4ccc(O)cc4)NC4(C(=O)Nc5ccccc54)C3C2=O)cc1. The standard InChI is InChI=1S/C27H23N3O5/c1-35-18-12-8-16(9-13-18)30-24(32)22-21(14-15-6-10-17(31)11-7-15)29-27(23(22)25(30)33)19-4-2-3-5-20(19)28-26(27)34/h2-13,21-23,29,31H,14H2,1H3,(H,28,34). The molecule has 6 rings (SSSR count). The molecule has 3 amide bonds. The lowest BCUT2D eigenvalue weighted by molar-refractivity contribution is -0.130. The first kappa shape index (κ1) is 21.4. The van der Waals surface area contributed by atoms with Gasteiger partial charge in [-0.3, -0.25) is 19.7 Å². The van der Waals surface area contributed by atoms with Crippen molar-refractivity contribution in [2.45, 2.75) is 18.0 Å². The van der Waals surface area contributed by atoms with Crippen LogP contribution in [0.1, 0.15) is 11.1 Å². The second-order valence-corrected chi connectivity index (χ2v) is 9.14. The maximum Gasteiger partial charge on any atom is 0.250 e. The van der Waals surface area contributed by atoms with Gasteiger partial charge in [-0.2, -0.15) is 0 Å². The Balaban J connectivity index is 1.47. The van der Waals surface area contributed by atoms with Crippen molar-refractivity contribution >= 4 is 29.1 Å². The molecule has 8 heteroatoms. The second-order valence-electron chi connectivity index (χ2n) is 9.14. The number of phenolic OH excluding ortho intramolecular Hbond substituents is 1. The predicted octanol–water partition coefficient (Wildman–Crippen LogP) is 2.57. The fourth-order valence-electron chi connectivity index (χ4n) is 5.80. The molecular formula is C27H23N3O5. The van der Waals surface area contributed by atoms with Crippen molar-refractivity contribution in [2.75, 3.05) is 17.3 Å². The van der Waals surface area contributed by atoms with Crippen molar-refractivity contribution in [3.8, 4) is 11.5 Å². The van der Waals surface area contributed by atoms with Crippen molar-refractivity contribution in [1.82, 2.24) is 5.32 Å². The number of anilines is 2. The number of amides is 3. The minimum absolute atomic E-state index is 0.143. The molecule has 0 aliphatic carbocycles. The molecule has 0 saturated carbocycles. The summed E-state index contributed by atoms with van der Waals surface area (Å²) in [5, 5.41) is 16.0. The number of methoxy groups -OCH3 is 1. The molecule has 2 saturated heterocycles. The van der Waals surface area contributed by atoms with Crippen LogP contribution in [0.2, 0.25) is 0 Å². The van der Waals surface area contributed by atoms with Gasteiger partial charge in [0.15, 0.2) is 0 Å². The first-order valence-electron chi connectivity index (χ1n) is 11.4. The van der Waals surface area contributed by atoms with Crippen LogP contribution in [0.4, 0.5) is 11.4 Å². The number of carbonyl (C=O) groups excluding carboxylic acids is 3. The summed E-state index contributed by atoms with van der Waals surface area (Å²) < 4.78 is 5.21. The lowest BCUT2D eigenvalue weighted by Gasteiger charge is -2.29. The molecular weight excluding hydrogens is 446 g/mol. The van der Waals surface area contributed by atoms with Gasteiger partial charge in [-0.25, -0.2) is 4.90 Å². The number of carbonyl (C=O) groups is 3. The number of nitrogens with zero attached hydrogens (tertiary/aromatic N) is 1. The number of nitrogens with one attached hydrogen (secondary N) is 2. The number of ether oxygens (including phenoxy) is 1. The number of hydrogen-bond donors (Lipinski definition) is 3. The second kappa shape index (κ2) is 7.68. The largest absolute Gasteiger partial charge is 0.508 e. The summed E-state index contributed by atoms with van der Waals surface area (Å²) in [6, 6.07) is 20.3. The highest BCUT2D eigenvalue weighted by atomic mass is 16.5. The Bertz CT molecular complexity index is 1350. The third kappa shape index (κ3) is 2.99. The number of benzene rings is 3. The number of fused-ring (bicyclic) bond motifs is 4. The van der Waals surface area contributed by atoms with Crippen LogP contribution in [0.15, 0.2) is 72.8 Å². The first-order valence-corrected chi connectivity index (χ1v) is 11.4. The van der Waals surface area contributed by atoms with E-state index < -0.39 is 29.3 Å². The van der Waals surface area contributed by atoms with Gasteiger partial charge in [-0.1, -0.05) is 30.3 Å². The van der Waals surface area contributed by atoms with E-state index in [1.165, 1.54) is 4.90 Å². The third-order valence-corrected chi connectivity index (χ3v) is 7.35. The van der Waals surface area contributed by atoms with Gasteiger partial charge in [-0.05, 0) is 54.4 Å². The van der Waals surface area contributed by atoms with Gasteiger partial charge >= 0.3 is 0 Å². The molecule has 8 nitrogen and oxygen atoms in total. The number of para-hydroxylation sites is 1. The van der Waals surface area contributed by atoms with Gasteiger partial charge in [0.05, 0.1) is 24.6 Å². The zero-order valence-corrected chi connectivity index (χ0v) is 18.9. The van der Waals surface area contributed by atoms with Gasteiger partial charge in [-0.15, -0.1) is 0 Å². The van der Waals surface area contributed by atoms with E-state index in [2.05, 4.69) is 10.6 Å². The Kier molecular flexibility index (Phi) is 4.69. The molecule has 1 spiro atoms. The van der Waals surface area contributed by atoms with Crippen molar-refractivity contribution in [3.63, 3.8) is 0 Å². The van der Waals surface area contributed by atoms with Crippen molar-refractivity contribution < 1.29 is 24.2 Å². The van der Waals surface area contributed by atoms with E-state index in [4.69, 9.17) is 4.74 Å². The van der Waals surface area contributed by atoms with Gasteiger partial charge in [0.2, 0.25) is 17.7 Å². The molecule has 4 atom stereocenters. The number of imide groups is 1. The summed E-state index contributed by atoms with van der Waals surface area (Å²) in [7, 11) is 1.55. The quantitative estimate of drug-likeness (QED) is 0.507. The summed E-state index contributed by atoms with van der Waals surface area (Å²) in [5.74, 6) is -1.96. The Morgan fingerprint density at radius 2 is 1.66 bits per heavy atom. The van der Waals surface area contributed by atoms with Crippen LogP contribution in [0.25, 0.3) is 0 Å². The van der Waals surface area contributed by atoms with Gasteiger partial charge < -0.3 is 15.2 Å². The molecule has 3 aliphatic rings. The highest BCUT2D eigenvalue weighted by Crippen LogP contribution is 2.53. The molecule has 3 aliphatic heterocycles. The maximum absolute atomic E-state index is 13.9. The van der Waals surface area contributed by atoms with Crippen LogP contribution in [0.5, 0.6) is 11.5 Å². The molecule has 3 aromatic carbocycles. The van der Waals surface area contributed by atoms with Crippen LogP contribution in [0, 0.1) is 11.8 Å². The van der Waals surface area contributed by atoms with Gasteiger partial charge in [0, 0.05) is 17.3 Å². The van der Waals surface area contributed by atoms with E-state index in [1.807, 2.05) is 18.2 Å². The smallest absolute Gasteiger partial charge is 0.250 e. The summed E-state index contributed by atoms with van der Waals surface area (Å²) >= 11 is 0. The highest BCUT2D eigenvalue weighted by Gasteiger charge is 2.70. The van der Waals surface area contributed by atoms with Gasteiger partial charge in [0.25, 0.3) is 0 Å². The summed E-state index contributed by atoms with van der Waals surface area (Å²) in [5.41, 5.74) is 1.28. The van der Waals surface area contributed by atoms with E-state index >= 15 is 0 Å². The topological polar surface area (TPSA) is 108 Å². The molecule has 2 fully saturated rings. The number of phenols is 1. The lowest BCUT2D eigenvalue weighted by atomic mass is 9.76. The number of rotatable bonds is 4. The monoisotopic (exact) mass is 469 g/mol. The Labute approximate surface area is 201 Å². The molecule has 0 radical (unpaired) electrons. The van der Waals surface area contributed by atoms with E-state index in [0.717, 1.165) is 5.56 Å². The summed E-state index contributed by atoms with van der Waals surface area (Å²) in [6.45, 7) is 0. The Morgan fingerprint density at radius 3 is 2.37 bits per heavy atom. The first-order chi connectivity index (χ1) is 16.9. The van der Waals surface area contributed by atoms with Crippen LogP contribution >= 0.6 is 0 Å². The fraction of sp³-hybridized carbons (Fsp3) is 0.222. The molecule has 3 N–H and O–H groups in total. The molecule has 35 heavy (non-hydrogen) atoms. The predicted molar refractivity (Wildman–Crippen MR) is 128 cm³/mol. The third-order valence-electron chi connectivity index (χ3n) is 7.35. The Hall–Kier alpha value is -4.17. The van der Waals surface area contributed by atoms with Crippen LogP contribution in [-0.4, -0.2) is 36.0 Å². The summed E-state index contributed by atoms with van der Waals surface area (Å²) in [6.07, 6.45) is 0.411. The molecule has 0 aromatic heterocycles. The zero-order valence-electron chi connectivity index (χ0n) is 18.9. The number of hydrogen-bond acceptors (Lipinski definition) is 6. The average molecular weight is 469 g/mol. The molecule has 176 valence electrons. The van der Waals surface area contributed by atoms with Crippen molar-refractivity contribution in [3.05, 3.63) is 83.9 Å². The Morgan fingerprint density at radius 1 is 0.943 bits per heavy atom. The van der Waals surface area contributed by atoms with E-state index in [9.17, 15) is 19.5 Å².